The van der Waals surface area contributed by atoms with Crippen LogP contribution in [0.4, 0.5) is 0 Å². The van der Waals surface area contributed by atoms with Crippen LogP contribution in [0.25, 0.3) is 0 Å². The lowest BCUT2D eigenvalue weighted by molar-refractivity contribution is -0.122. The van der Waals surface area contributed by atoms with E-state index in [-0.39, 0.29) is 12.0 Å². The standard InChI is InChI=1S/C10H21N3O2/c1-12(2)8-10(14)11-6-9-7-13(3)4-5-15-9/h9H,4-8H2,1-3H3,(H,11,14). The number of carbonyl (C=O) groups is 1. The van der Waals surface area contributed by atoms with Gasteiger partial charge in [-0.05, 0) is 21.1 Å². The summed E-state index contributed by atoms with van der Waals surface area (Å²) in [5.74, 6) is 0.0526. The minimum atomic E-state index is 0.0526. The summed E-state index contributed by atoms with van der Waals surface area (Å²) < 4.78 is 5.53. The topological polar surface area (TPSA) is 44.8 Å². The van der Waals surface area contributed by atoms with Gasteiger partial charge in [0.25, 0.3) is 0 Å². The fraction of sp³-hybridized carbons (Fsp3) is 0.900. The lowest BCUT2D eigenvalue weighted by Gasteiger charge is -2.30. The molecule has 1 atom stereocenters. The Hall–Kier alpha value is -0.650. The van der Waals surface area contributed by atoms with Crippen molar-refractivity contribution < 1.29 is 9.53 Å². The molecule has 0 aliphatic carbocycles. The lowest BCUT2D eigenvalue weighted by Crippen LogP contribution is -2.47. The molecule has 5 heteroatoms. The van der Waals surface area contributed by atoms with E-state index in [0.29, 0.717) is 13.1 Å². The van der Waals surface area contributed by atoms with E-state index < -0.39 is 0 Å². The highest BCUT2D eigenvalue weighted by atomic mass is 16.5. The number of amides is 1. The molecule has 0 bridgehead atoms. The Bertz CT molecular complexity index is 209. The maximum Gasteiger partial charge on any atom is 0.234 e. The highest BCUT2D eigenvalue weighted by molar-refractivity contribution is 5.77. The Morgan fingerprint density at radius 1 is 1.60 bits per heavy atom. The summed E-state index contributed by atoms with van der Waals surface area (Å²) in [6, 6.07) is 0. The summed E-state index contributed by atoms with van der Waals surface area (Å²) in [4.78, 5) is 15.4. The molecule has 15 heavy (non-hydrogen) atoms. The lowest BCUT2D eigenvalue weighted by atomic mass is 10.3. The van der Waals surface area contributed by atoms with Crippen LogP contribution in [-0.2, 0) is 9.53 Å². The predicted octanol–water partition coefficient (Wildman–Crippen LogP) is -1.01. The molecule has 0 aromatic heterocycles. The Labute approximate surface area is 91.4 Å². The summed E-state index contributed by atoms with van der Waals surface area (Å²) in [5.41, 5.74) is 0. The second-order valence-electron chi connectivity index (χ2n) is 4.30. The van der Waals surface area contributed by atoms with E-state index >= 15 is 0 Å². The van der Waals surface area contributed by atoms with Gasteiger partial charge in [0.2, 0.25) is 5.91 Å². The SMILES string of the molecule is CN(C)CC(=O)NCC1CN(C)CCO1. The summed E-state index contributed by atoms with van der Waals surface area (Å²) in [7, 11) is 5.83. The zero-order chi connectivity index (χ0) is 11.3. The largest absolute Gasteiger partial charge is 0.374 e. The van der Waals surface area contributed by atoms with Gasteiger partial charge in [0.15, 0.2) is 0 Å². The second-order valence-corrected chi connectivity index (χ2v) is 4.30. The Morgan fingerprint density at radius 2 is 2.33 bits per heavy atom. The van der Waals surface area contributed by atoms with Crippen molar-refractivity contribution in [3.05, 3.63) is 0 Å². The molecule has 1 unspecified atom stereocenters. The van der Waals surface area contributed by atoms with E-state index in [1.807, 2.05) is 19.0 Å². The molecule has 0 saturated carbocycles. The molecule has 88 valence electrons. The van der Waals surface area contributed by atoms with E-state index in [9.17, 15) is 4.79 Å². The van der Waals surface area contributed by atoms with Gasteiger partial charge in [-0.2, -0.15) is 0 Å². The molecular formula is C10H21N3O2. The van der Waals surface area contributed by atoms with E-state index in [4.69, 9.17) is 4.74 Å². The van der Waals surface area contributed by atoms with Crippen molar-refractivity contribution in [3.63, 3.8) is 0 Å². The zero-order valence-corrected chi connectivity index (χ0v) is 9.82. The first-order valence-electron chi connectivity index (χ1n) is 5.29. The normalized spacial score (nSPS) is 23.1. The first-order chi connectivity index (χ1) is 7.08. The zero-order valence-electron chi connectivity index (χ0n) is 9.82. The van der Waals surface area contributed by atoms with Gasteiger partial charge in [-0.15, -0.1) is 0 Å². The van der Waals surface area contributed by atoms with E-state index in [1.165, 1.54) is 0 Å². The quantitative estimate of drug-likeness (QED) is 0.653. The van der Waals surface area contributed by atoms with Crippen LogP contribution in [0.3, 0.4) is 0 Å². The fourth-order valence-corrected chi connectivity index (χ4v) is 1.56. The summed E-state index contributed by atoms with van der Waals surface area (Å²) in [6.07, 6.45) is 0.134. The van der Waals surface area contributed by atoms with Crippen molar-refractivity contribution in [2.45, 2.75) is 6.10 Å². The van der Waals surface area contributed by atoms with Gasteiger partial charge >= 0.3 is 0 Å². The third-order valence-electron chi connectivity index (χ3n) is 2.33. The van der Waals surface area contributed by atoms with Crippen molar-refractivity contribution in [1.29, 1.82) is 0 Å². The number of morpholine rings is 1. The van der Waals surface area contributed by atoms with Crippen LogP contribution < -0.4 is 5.32 Å². The summed E-state index contributed by atoms with van der Waals surface area (Å²) in [5, 5.41) is 2.87. The fourth-order valence-electron chi connectivity index (χ4n) is 1.56. The smallest absolute Gasteiger partial charge is 0.234 e. The molecule has 1 fully saturated rings. The maximum atomic E-state index is 11.4. The first-order valence-corrected chi connectivity index (χ1v) is 5.29. The number of rotatable bonds is 4. The van der Waals surface area contributed by atoms with Crippen molar-refractivity contribution in [2.75, 3.05) is 53.9 Å². The average molecular weight is 215 g/mol. The Kier molecular flexibility index (Phi) is 5.01. The number of nitrogens with zero attached hydrogens (tertiary/aromatic N) is 2. The van der Waals surface area contributed by atoms with Crippen LogP contribution >= 0.6 is 0 Å². The summed E-state index contributed by atoms with van der Waals surface area (Å²) in [6.45, 7) is 3.66. The number of likely N-dealkylation sites (N-methyl/N-ethyl adjacent to an activating group) is 2. The van der Waals surface area contributed by atoms with Crippen molar-refractivity contribution in [3.8, 4) is 0 Å². The van der Waals surface area contributed by atoms with E-state index in [1.54, 1.807) is 0 Å². The van der Waals surface area contributed by atoms with Crippen LogP contribution in [0.5, 0.6) is 0 Å². The Morgan fingerprint density at radius 3 is 2.93 bits per heavy atom. The molecule has 0 aromatic rings. The van der Waals surface area contributed by atoms with Crippen LogP contribution in [0.1, 0.15) is 0 Å². The van der Waals surface area contributed by atoms with Crippen LogP contribution in [-0.4, -0.2) is 75.7 Å². The van der Waals surface area contributed by atoms with Crippen LogP contribution in [0, 0.1) is 0 Å². The third-order valence-corrected chi connectivity index (χ3v) is 2.33. The van der Waals surface area contributed by atoms with Gasteiger partial charge in [-0.25, -0.2) is 0 Å². The van der Waals surface area contributed by atoms with Crippen molar-refractivity contribution in [1.82, 2.24) is 15.1 Å². The minimum absolute atomic E-state index is 0.0526. The third kappa shape index (κ3) is 5.11. The maximum absolute atomic E-state index is 11.4. The van der Waals surface area contributed by atoms with Gasteiger partial charge in [0, 0.05) is 19.6 Å². The molecule has 1 N–H and O–H groups in total. The molecule has 1 saturated heterocycles. The van der Waals surface area contributed by atoms with Gasteiger partial charge in [0.1, 0.15) is 0 Å². The highest BCUT2D eigenvalue weighted by Gasteiger charge is 2.17. The molecule has 1 amide bonds. The monoisotopic (exact) mass is 215 g/mol. The van der Waals surface area contributed by atoms with Crippen molar-refractivity contribution >= 4 is 5.91 Å². The van der Waals surface area contributed by atoms with Gasteiger partial charge in [0.05, 0.1) is 19.3 Å². The predicted molar refractivity (Wildman–Crippen MR) is 58.8 cm³/mol. The molecule has 0 radical (unpaired) electrons. The van der Waals surface area contributed by atoms with Gasteiger partial charge < -0.3 is 19.9 Å². The molecule has 5 nitrogen and oxygen atoms in total. The number of ether oxygens (including phenoxy) is 1. The number of nitrogens with one attached hydrogen (secondary N) is 1. The number of hydrogen-bond acceptors (Lipinski definition) is 4. The molecular weight excluding hydrogens is 194 g/mol. The molecule has 0 aromatic carbocycles. The summed E-state index contributed by atoms with van der Waals surface area (Å²) >= 11 is 0. The van der Waals surface area contributed by atoms with Gasteiger partial charge in [-0.3, -0.25) is 4.79 Å². The molecule has 0 spiro atoms. The van der Waals surface area contributed by atoms with Crippen LogP contribution in [0.2, 0.25) is 0 Å². The Balaban J connectivity index is 2.16. The molecule has 1 aliphatic heterocycles. The number of carbonyl (C=O) groups excluding carboxylic acids is 1. The molecule has 1 aliphatic rings. The first kappa shape index (κ1) is 12.4. The van der Waals surface area contributed by atoms with Crippen molar-refractivity contribution in [2.24, 2.45) is 0 Å². The average Bonchev–Trinajstić information content (AvgIpc) is 2.14. The number of hydrogen-bond donors (Lipinski definition) is 1. The van der Waals surface area contributed by atoms with E-state index in [2.05, 4.69) is 17.3 Å². The van der Waals surface area contributed by atoms with Gasteiger partial charge in [-0.1, -0.05) is 0 Å². The molecule has 1 heterocycles. The van der Waals surface area contributed by atoms with Crippen LogP contribution in [0.15, 0.2) is 0 Å². The highest BCUT2D eigenvalue weighted by Crippen LogP contribution is 2.01. The minimum Gasteiger partial charge on any atom is -0.374 e. The second kappa shape index (κ2) is 6.05. The molecule has 1 rings (SSSR count). The van der Waals surface area contributed by atoms with E-state index in [0.717, 1.165) is 19.7 Å².